The number of para-hydroxylation sites is 2. The van der Waals surface area contributed by atoms with Gasteiger partial charge >= 0.3 is 0 Å². The highest BCUT2D eigenvalue weighted by atomic mass is 32.2. The van der Waals surface area contributed by atoms with Crippen molar-refractivity contribution < 1.29 is 13.2 Å². The van der Waals surface area contributed by atoms with Crippen molar-refractivity contribution in [3.8, 4) is 5.75 Å². The minimum Gasteiger partial charge on any atom is -0.489 e. The minimum absolute atomic E-state index is 0.00659. The predicted molar refractivity (Wildman–Crippen MR) is 87.7 cm³/mol. The van der Waals surface area contributed by atoms with Crippen LogP contribution in [0.4, 0.5) is 5.69 Å². The first kappa shape index (κ1) is 14.9. The summed E-state index contributed by atoms with van der Waals surface area (Å²) in [5, 5.41) is 0. The van der Waals surface area contributed by atoms with Gasteiger partial charge in [-0.15, -0.1) is 0 Å². The maximum Gasteiger partial charge on any atom is 0.239 e. The molecular weight excluding hydrogens is 298 g/mol. The average Bonchev–Trinajstić information content (AvgIpc) is 2.46. The quantitative estimate of drug-likeness (QED) is 0.874. The van der Waals surface area contributed by atoms with E-state index in [9.17, 15) is 8.42 Å². The van der Waals surface area contributed by atoms with Crippen LogP contribution in [-0.2, 0) is 15.8 Å². The van der Waals surface area contributed by atoms with Crippen molar-refractivity contribution in [3.63, 3.8) is 0 Å². The molecule has 5 heteroatoms. The van der Waals surface area contributed by atoms with E-state index >= 15 is 0 Å². The van der Waals surface area contributed by atoms with Gasteiger partial charge in [0.2, 0.25) is 10.0 Å². The summed E-state index contributed by atoms with van der Waals surface area (Å²) in [5.74, 6) is 0.612. The van der Waals surface area contributed by atoms with Gasteiger partial charge in [-0.05, 0) is 31.5 Å². The molecule has 0 aliphatic carbocycles. The first-order chi connectivity index (χ1) is 10.5. The molecule has 2 aromatic rings. The van der Waals surface area contributed by atoms with Crippen molar-refractivity contribution >= 4 is 15.7 Å². The Morgan fingerprint density at radius 2 is 1.95 bits per heavy atom. The molecule has 3 rings (SSSR count). The third-order valence-electron chi connectivity index (χ3n) is 3.71. The van der Waals surface area contributed by atoms with Crippen molar-refractivity contribution in [2.45, 2.75) is 25.6 Å². The third kappa shape index (κ3) is 2.81. The molecule has 0 N–H and O–H groups in total. The summed E-state index contributed by atoms with van der Waals surface area (Å²) in [5.41, 5.74) is 2.48. The van der Waals surface area contributed by atoms with Gasteiger partial charge in [0, 0.05) is 0 Å². The van der Waals surface area contributed by atoms with Crippen LogP contribution in [-0.4, -0.2) is 21.1 Å². The highest BCUT2D eigenvalue weighted by Crippen LogP contribution is 2.36. The van der Waals surface area contributed by atoms with Gasteiger partial charge in [0.25, 0.3) is 0 Å². The van der Waals surface area contributed by atoms with Gasteiger partial charge in [-0.25, -0.2) is 8.42 Å². The summed E-state index contributed by atoms with van der Waals surface area (Å²) in [6.45, 7) is 4.19. The standard InChI is InChI=1S/C17H19NO3S/c1-13-6-5-7-15(10-13)12-22(19,20)18-14(2)11-21-17-9-4-3-8-16(17)18/h3-10,14H,11-12H2,1-2H3. The van der Waals surface area contributed by atoms with E-state index < -0.39 is 10.0 Å². The van der Waals surface area contributed by atoms with E-state index in [2.05, 4.69) is 0 Å². The Labute approximate surface area is 131 Å². The zero-order valence-electron chi connectivity index (χ0n) is 12.7. The van der Waals surface area contributed by atoms with Crippen LogP contribution in [0.5, 0.6) is 5.75 Å². The van der Waals surface area contributed by atoms with E-state index in [0.29, 0.717) is 18.0 Å². The van der Waals surface area contributed by atoms with Crippen LogP contribution in [0, 0.1) is 6.92 Å². The lowest BCUT2D eigenvalue weighted by molar-refractivity contribution is 0.281. The molecule has 0 bridgehead atoms. The van der Waals surface area contributed by atoms with Gasteiger partial charge in [-0.3, -0.25) is 4.31 Å². The topological polar surface area (TPSA) is 46.6 Å². The number of hydrogen-bond acceptors (Lipinski definition) is 3. The molecule has 116 valence electrons. The molecule has 0 radical (unpaired) electrons. The molecule has 0 amide bonds. The number of nitrogens with zero attached hydrogens (tertiary/aromatic N) is 1. The number of anilines is 1. The molecule has 0 aromatic heterocycles. The van der Waals surface area contributed by atoms with Gasteiger partial charge in [0.1, 0.15) is 12.4 Å². The molecule has 1 aliphatic rings. The van der Waals surface area contributed by atoms with Crippen LogP contribution in [0.3, 0.4) is 0 Å². The molecule has 0 saturated carbocycles. The van der Waals surface area contributed by atoms with Gasteiger partial charge in [-0.2, -0.15) is 0 Å². The highest BCUT2D eigenvalue weighted by molar-refractivity contribution is 7.92. The summed E-state index contributed by atoms with van der Waals surface area (Å²) in [7, 11) is -3.46. The minimum atomic E-state index is -3.46. The molecular formula is C17H19NO3S. The molecule has 1 heterocycles. The molecule has 0 spiro atoms. The Morgan fingerprint density at radius 1 is 1.18 bits per heavy atom. The van der Waals surface area contributed by atoms with E-state index in [-0.39, 0.29) is 11.8 Å². The summed E-state index contributed by atoms with van der Waals surface area (Å²) < 4.78 is 32.9. The van der Waals surface area contributed by atoms with Crippen LogP contribution < -0.4 is 9.04 Å². The van der Waals surface area contributed by atoms with Gasteiger partial charge in [0.05, 0.1) is 17.5 Å². The molecule has 2 aromatic carbocycles. The van der Waals surface area contributed by atoms with Crippen molar-refractivity contribution in [1.82, 2.24) is 0 Å². The largest absolute Gasteiger partial charge is 0.489 e. The molecule has 4 nitrogen and oxygen atoms in total. The van der Waals surface area contributed by atoms with E-state index in [4.69, 9.17) is 4.74 Å². The van der Waals surface area contributed by atoms with E-state index in [1.54, 1.807) is 12.1 Å². The first-order valence-electron chi connectivity index (χ1n) is 7.27. The van der Waals surface area contributed by atoms with E-state index in [1.165, 1.54) is 4.31 Å². The molecule has 0 saturated heterocycles. The number of hydrogen-bond donors (Lipinski definition) is 0. The van der Waals surface area contributed by atoms with Crippen LogP contribution in [0.25, 0.3) is 0 Å². The Hall–Kier alpha value is -2.01. The lowest BCUT2D eigenvalue weighted by atomic mass is 10.2. The molecule has 0 fully saturated rings. The normalized spacial score (nSPS) is 17.7. The summed E-state index contributed by atoms with van der Waals surface area (Å²) in [6, 6.07) is 14.7. The summed E-state index contributed by atoms with van der Waals surface area (Å²) in [4.78, 5) is 0. The Morgan fingerprint density at radius 3 is 2.73 bits per heavy atom. The maximum absolute atomic E-state index is 12.9. The second-order valence-electron chi connectivity index (χ2n) is 5.67. The first-order valence-corrected chi connectivity index (χ1v) is 8.88. The average molecular weight is 317 g/mol. The fourth-order valence-electron chi connectivity index (χ4n) is 2.78. The Balaban J connectivity index is 1.98. The van der Waals surface area contributed by atoms with Crippen LogP contribution >= 0.6 is 0 Å². The Bertz CT molecular complexity index is 786. The fourth-order valence-corrected chi connectivity index (χ4v) is 4.58. The molecule has 22 heavy (non-hydrogen) atoms. The number of aryl methyl sites for hydroxylation is 1. The SMILES string of the molecule is Cc1cccc(CS(=O)(=O)N2c3ccccc3OCC2C)c1. The highest BCUT2D eigenvalue weighted by Gasteiger charge is 2.33. The number of ether oxygens (including phenoxy) is 1. The Kier molecular flexibility index (Phi) is 3.83. The fraction of sp³-hybridized carbons (Fsp3) is 0.294. The van der Waals surface area contributed by atoms with Crippen LogP contribution in [0.15, 0.2) is 48.5 Å². The number of benzene rings is 2. The zero-order valence-corrected chi connectivity index (χ0v) is 13.5. The van der Waals surface area contributed by atoms with Gasteiger partial charge < -0.3 is 4.74 Å². The maximum atomic E-state index is 12.9. The number of fused-ring (bicyclic) bond motifs is 1. The van der Waals surface area contributed by atoms with Crippen molar-refractivity contribution in [2.24, 2.45) is 0 Å². The lowest BCUT2D eigenvalue weighted by Gasteiger charge is -2.35. The van der Waals surface area contributed by atoms with Gasteiger partial charge in [-0.1, -0.05) is 42.0 Å². The molecule has 1 atom stereocenters. The van der Waals surface area contributed by atoms with E-state index in [1.807, 2.05) is 50.2 Å². The number of sulfonamides is 1. The van der Waals surface area contributed by atoms with Crippen LogP contribution in [0.1, 0.15) is 18.1 Å². The van der Waals surface area contributed by atoms with Crippen molar-refractivity contribution in [2.75, 3.05) is 10.9 Å². The van der Waals surface area contributed by atoms with Crippen LogP contribution in [0.2, 0.25) is 0 Å². The van der Waals surface area contributed by atoms with Crippen molar-refractivity contribution in [3.05, 3.63) is 59.7 Å². The molecule has 1 unspecified atom stereocenters. The van der Waals surface area contributed by atoms with E-state index in [0.717, 1.165) is 11.1 Å². The summed E-state index contributed by atoms with van der Waals surface area (Å²) in [6.07, 6.45) is 0. The predicted octanol–water partition coefficient (Wildman–Crippen LogP) is 3.11. The van der Waals surface area contributed by atoms with Gasteiger partial charge in [0.15, 0.2) is 0 Å². The zero-order chi connectivity index (χ0) is 15.7. The smallest absolute Gasteiger partial charge is 0.239 e. The molecule has 1 aliphatic heterocycles. The monoisotopic (exact) mass is 317 g/mol. The second-order valence-corrected chi connectivity index (χ2v) is 7.51. The van der Waals surface area contributed by atoms with Crippen molar-refractivity contribution in [1.29, 1.82) is 0 Å². The summed E-state index contributed by atoms with van der Waals surface area (Å²) >= 11 is 0. The third-order valence-corrected chi connectivity index (χ3v) is 5.57. The lowest BCUT2D eigenvalue weighted by Crippen LogP contribution is -2.45. The second kappa shape index (κ2) is 5.65. The number of rotatable bonds is 3.